The first-order valence-electron chi connectivity index (χ1n) is 7.40. The summed E-state index contributed by atoms with van der Waals surface area (Å²) in [6, 6.07) is 0.715. The fourth-order valence-electron chi connectivity index (χ4n) is 3.33. The van der Waals surface area contributed by atoms with Crippen LogP contribution in [0.3, 0.4) is 0 Å². The highest BCUT2D eigenvalue weighted by molar-refractivity contribution is 4.92. The topological polar surface area (TPSA) is 24.9 Å². The van der Waals surface area contributed by atoms with E-state index < -0.39 is 0 Å². The van der Waals surface area contributed by atoms with Gasteiger partial charge in [-0.15, -0.1) is 0 Å². The van der Waals surface area contributed by atoms with Crippen molar-refractivity contribution in [3.63, 3.8) is 0 Å². The molecule has 0 radical (unpaired) electrons. The van der Waals surface area contributed by atoms with Gasteiger partial charge in [0.25, 0.3) is 0 Å². The Kier molecular flexibility index (Phi) is 5.42. The van der Waals surface area contributed by atoms with E-state index in [2.05, 4.69) is 16.8 Å². The van der Waals surface area contributed by atoms with E-state index in [1.807, 2.05) is 13.8 Å². The zero-order valence-electron chi connectivity index (χ0n) is 12.1. The second-order valence-corrected chi connectivity index (χ2v) is 5.50. The van der Waals surface area contributed by atoms with Gasteiger partial charge in [-0.05, 0) is 52.7 Å². The molecule has 18 heavy (non-hydrogen) atoms. The second-order valence-electron chi connectivity index (χ2n) is 5.50. The largest absolute Gasteiger partial charge is 0.352 e. The van der Waals surface area contributed by atoms with Gasteiger partial charge in [0, 0.05) is 32.3 Å². The number of ether oxygens (including phenoxy) is 2. The van der Waals surface area contributed by atoms with Gasteiger partial charge in [0.15, 0.2) is 6.29 Å². The highest BCUT2D eigenvalue weighted by atomic mass is 16.7. The predicted molar refractivity (Wildman–Crippen MR) is 72.6 cm³/mol. The zero-order chi connectivity index (χ0) is 13.0. The number of likely N-dealkylation sites (N-methyl/N-ethyl adjacent to an activating group) is 1. The lowest BCUT2D eigenvalue weighted by atomic mass is 9.92. The normalized spacial score (nSPS) is 30.0. The molecule has 0 amide bonds. The van der Waals surface area contributed by atoms with Crippen LogP contribution in [0.2, 0.25) is 0 Å². The molecule has 2 rings (SSSR count). The van der Waals surface area contributed by atoms with E-state index in [0.717, 1.165) is 25.7 Å². The van der Waals surface area contributed by atoms with Crippen molar-refractivity contribution < 1.29 is 9.47 Å². The van der Waals surface area contributed by atoms with Crippen LogP contribution in [0.1, 0.15) is 26.7 Å². The minimum absolute atomic E-state index is 0.0500. The molecule has 4 heteroatoms. The van der Waals surface area contributed by atoms with Crippen molar-refractivity contribution in [1.82, 2.24) is 9.80 Å². The number of fused-ring (bicyclic) bond motifs is 1. The number of rotatable bonds is 6. The second kappa shape index (κ2) is 6.85. The third-order valence-corrected chi connectivity index (χ3v) is 4.27. The molecule has 2 fully saturated rings. The van der Waals surface area contributed by atoms with Crippen molar-refractivity contribution >= 4 is 0 Å². The molecule has 0 saturated carbocycles. The van der Waals surface area contributed by atoms with Crippen molar-refractivity contribution in [2.75, 3.05) is 46.4 Å². The van der Waals surface area contributed by atoms with Crippen molar-refractivity contribution in [2.24, 2.45) is 5.92 Å². The molecule has 0 N–H and O–H groups in total. The maximum Gasteiger partial charge on any atom is 0.170 e. The van der Waals surface area contributed by atoms with E-state index in [9.17, 15) is 0 Å². The molecule has 0 aromatic heterocycles. The Hall–Kier alpha value is -0.160. The number of nitrogens with zero attached hydrogens (tertiary/aromatic N) is 2. The molecular weight excluding hydrogens is 228 g/mol. The van der Waals surface area contributed by atoms with E-state index in [1.165, 1.54) is 32.5 Å². The lowest BCUT2D eigenvalue weighted by Gasteiger charge is -2.37. The van der Waals surface area contributed by atoms with Crippen LogP contribution >= 0.6 is 0 Å². The van der Waals surface area contributed by atoms with Crippen molar-refractivity contribution in [3.8, 4) is 0 Å². The number of likely N-dealkylation sites (tertiary alicyclic amines) is 2. The lowest BCUT2D eigenvalue weighted by molar-refractivity contribution is -0.149. The molecule has 0 bridgehead atoms. The smallest absolute Gasteiger partial charge is 0.170 e. The van der Waals surface area contributed by atoms with Gasteiger partial charge >= 0.3 is 0 Å². The van der Waals surface area contributed by atoms with Crippen molar-refractivity contribution in [1.29, 1.82) is 0 Å². The molecule has 2 saturated heterocycles. The maximum atomic E-state index is 5.67. The van der Waals surface area contributed by atoms with Gasteiger partial charge in [0.1, 0.15) is 0 Å². The molecule has 0 unspecified atom stereocenters. The molecule has 2 aliphatic rings. The highest BCUT2D eigenvalue weighted by Crippen LogP contribution is 2.31. The van der Waals surface area contributed by atoms with E-state index in [0.29, 0.717) is 6.04 Å². The van der Waals surface area contributed by atoms with E-state index in [-0.39, 0.29) is 6.29 Å². The molecule has 0 aromatic carbocycles. The minimum Gasteiger partial charge on any atom is -0.352 e. The summed E-state index contributed by atoms with van der Waals surface area (Å²) in [6.45, 7) is 10.1. The third kappa shape index (κ3) is 3.44. The summed E-state index contributed by atoms with van der Waals surface area (Å²) in [7, 11) is 2.23. The number of hydrogen-bond acceptors (Lipinski definition) is 4. The maximum absolute atomic E-state index is 5.67. The Morgan fingerprint density at radius 2 is 1.78 bits per heavy atom. The van der Waals surface area contributed by atoms with E-state index in [4.69, 9.17) is 9.47 Å². The molecule has 0 aromatic rings. The van der Waals surface area contributed by atoms with Crippen LogP contribution in [0.15, 0.2) is 0 Å². The SMILES string of the molecule is CCOC(CN1CC[C@H]2CCN(C)C[C@H]21)OCC. The lowest BCUT2D eigenvalue weighted by Crippen LogP contribution is -2.49. The van der Waals surface area contributed by atoms with Crippen LogP contribution in [0.25, 0.3) is 0 Å². The van der Waals surface area contributed by atoms with Crippen LogP contribution in [-0.2, 0) is 9.47 Å². The van der Waals surface area contributed by atoms with Crippen LogP contribution in [-0.4, -0.2) is 68.6 Å². The Bertz CT molecular complexity index is 244. The van der Waals surface area contributed by atoms with Gasteiger partial charge in [-0.25, -0.2) is 0 Å². The summed E-state index contributed by atoms with van der Waals surface area (Å²) in [4.78, 5) is 5.03. The predicted octanol–water partition coefficient (Wildman–Crippen LogP) is 1.41. The first kappa shape index (κ1) is 14.3. The first-order valence-corrected chi connectivity index (χ1v) is 7.40. The monoisotopic (exact) mass is 256 g/mol. The van der Waals surface area contributed by atoms with E-state index in [1.54, 1.807) is 0 Å². The highest BCUT2D eigenvalue weighted by Gasteiger charge is 2.38. The Labute approximate surface area is 111 Å². The quantitative estimate of drug-likeness (QED) is 0.671. The summed E-state index contributed by atoms with van der Waals surface area (Å²) in [5.74, 6) is 0.894. The number of hydrogen-bond donors (Lipinski definition) is 0. The third-order valence-electron chi connectivity index (χ3n) is 4.27. The molecule has 4 nitrogen and oxygen atoms in total. The van der Waals surface area contributed by atoms with Gasteiger partial charge in [0.05, 0.1) is 0 Å². The standard InChI is InChI=1S/C14H28N2O2/c1-4-17-14(18-5-2)11-16-9-7-12-6-8-15(3)10-13(12)16/h12-14H,4-11H2,1-3H3/t12-,13-/m1/s1. The van der Waals surface area contributed by atoms with Crippen molar-refractivity contribution in [3.05, 3.63) is 0 Å². The van der Waals surface area contributed by atoms with Crippen LogP contribution < -0.4 is 0 Å². The molecule has 106 valence electrons. The average Bonchev–Trinajstić information content (AvgIpc) is 2.73. The van der Waals surface area contributed by atoms with Gasteiger partial charge in [-0.3, -0.25) is 4.90 Å². The molecule has 0 spiro atoms. The molecule has 2 aliphatic heterocycles. The zero-order valence-corrected chi connectivity index (χ0v) is 12.1. The van der Waals surface area contributed by atoms with E-state index >= 15 is 0 Å². The van der Waals surface area contributed by atoms with Gasteiger partial charge in [-0.1, -0.05) is 0 Å². The number of piperidine rings is 1. The summed E-state index contributed by atoms with van der Waals surface area (Å²) in [5, 5.41) is 0. The first-order chi connectivity index (χ1) is 8.74. The Morgan fingerprint density at radius 3 is 2.44 bits per heavy atom. The fourth-order valence-corrected chi connectivity index (χ4v) is 3.33. The molecule has 2 heterocycles. The summed E-state index contributed by atoms with van der Waals surface area (Å²) < 4.78 is 11.3. The van der Waals surface area contributed by atoms with Crippen molar-refractivity contribution in [2.45, 2.75) is 39.0 Å². The van der Waals surface area contributed by atoms with Gasteiger partial charge in [-0.2, -0.15) is 0 Å². The fraction of sp³-hybridized carbons (Fsp3) is 1.00. The molecule has 0 aliphatic carbocycles. The van der Waals surface area contributed by atoms with Crippen LogP contribution in [0, 0.1) is 5.92 Å². The molecule has 2 atom stereocenters. The summed E-state index contributed by atoms with van der Waals surface area (Å²) in [6.07, 6.45) is 2.65. The van der Waals surface area contributed by atoms with Gasteiger partial charge in [0.2, 0.25) is 0 Å². The Morgan fingerprint density at radius 1 is 1.11 bits per heavy atom. The van der Waals surface area contributed by atoms with Crippen LogP contribution in [0.4, 0.5) is 0 Å². The Balaban J connectivity index is 1.87. The minimum atomic E-state index is -0.0500. The van der Waals surface area contributed by atoms with Crippen LogP contribution in [0.5, 0.6) is 0 Å². The average molecular weight is 256 g/mol. The summed E-state index contributed by atoms with van der Waals surface area (Å²) in [5.41, 5.74) is 0. The van der Waals surface area contributed by atoms with Gasteiger partial charge < -0.3 is 14.4 Å². The molecular formula is C14H28N2O2. The summed E-state index contributed by atoms with van der Waals surface area (Å²) >= 11 is 0.